The first-order valence-electron chi connectivity index (χ1n) is 7.32. The number of carboxylic acid groups (broad SMARTS) is 1. The summed E-state index contributed by atoms with van der Waals surface area (Å²) < 4.78 is 9.83. The summed E-state index contributed by atoms with van der Waals surface area (Å²) in [5, 5.41) is 9.40. The Bertz CT molecular complexity index is 573. The summed E-state index contributed by atoms with van der Waals surface area (Å²) in [6.07, 6.45) is 0.144. The molecule has 1 aliphatic rings. The molecule has 1 saturated heterocycles. The van der Waals surface area contributed by atoms with E-state index in [0.717, 1.165) is 10.5 Å². The van der Waals surface area contributed by atoms with Crippen LogP contribution in [0.15, 0.2) is 30.3 Å². The minimum absolute atomic E-state index is 0.0470. The molecule has 1 N–H and O–H groups in total. The van der Waals surface area contributed by atoms with Gasteiger partial charge in [0.1, 0.15) is 12.6 Å². The monoisotopic (exact) mass is 321 g/mol. The minimum atomic E-state index is -1.26. The largest absolute Gasteiger partial charge is 0.480 e. The van der Waals surface area contributed by atoms with Gasteiger partial charge < -0.3 is 14.6 Å². The average molecular weight is 321 g/mol. The third-order valence-electron chi connectivity index (χ3n) is 3.83. The molecule has 0 spiro atoms. The molecule has 7 heteroatoms. The second-order valence-corrected chi connectivity index (χ2v) is 5.29. The molecular weight excluding hydrogens is 302 g/mol. The van der Waals surface area contributed by atoms with Crippen molar-refractivity contribution in [1.82, 2.24) is 4.90 Å². The summed E-state index contributed by atoms with van der Waals surface area (Å²) in [5.41, 5.74) is 0.800. The lowest BCUT2D eigenvalue weighted by Crippen LogP contribution is -2.55. The zero-order valence-corrected chi connectivity index (χ0v) is 12.8. The molecule has 0 radical (unpaired) electrons. The lowest BCUT2D eigenvalue weighted by Gasteiger charge is -2.36. The van der Waals surface area contributed by atoms with Crippen LogP contribution in [0.25, 0.3) is 0 Å². The Morgan fingerprint density at radius 3 is 2.57 bits per heavy atom. The van der Waals surface area contributed by atoms with Gasteiger partial charge in [-0.05, 0) is 18.4 Å². The molecule has 23 heavy (non-hydrogen) atoms. The number of rotatable bonds is 4. The van der Waals surface area contributed by atoms with Gasteiger partial charge in [-0.2, -0.15) is 0 Å². The summed E-state index contributed by atoms with van der Waals surface area (Å²) in [7, 11) is 1.20. The van der Waals surface area contributed by atoms with Gasteiger partial charge in [0.15, 0.2) is 0 Å². The molecule has 1 aromatic carbocycles. The first kappa shape index (κ1) is 16.8. The highest BCUT2D eigenvalue weighted by Crippen LogP contribution is 2.26. The van der Waals surface area contributed by atoms with Gasteiger partial charge in [0.2, 0.25) is 0 Å². The molecule has 7 nitrogen and oxygen atoms in total. The number of nitrogens with zero attached hydrogens (tertiary/aromatic N) is 1. The van der Waals surface area contributed by atoms with Crippen molar-refractivity contribution in [1.29, 1.82) is 0 Å². The van der Waals surface area contributed by atoms with E-state index in [1.54, 1.807) is 12.1 Å². The van der Waals surface area contributed by atoms with Crippen LogP contribution < -0.4 is 0 Å². The number of esters is 1. The Morgan fingerprint density at radius 2 is 1.96 bits per heavy atom. The van der Waals surface area contributed by atoms with Crippen LogP contribution >= 0.6 is 0 Å². The fourth-order valence-electron chi connectivity index (χ4n) is 2.71. The van der Waals surface area contributed by atoms with Crippen LogP contribution in [0.2, 0.25) is 0 Å². The molecule has 0 aromatic heterocycles. The second-order valence-electron chi connectivity index (χ2n) is 5.29. The molecule has 2 rings (SSSR count). The molecule has 1 aromatic rings. The fraction of sp³-hybridized carbons (Fsp3) is 0.438. The first-order chi connectivity index (χ1) is 11.0. The fourth-order valence-corrected chi connectivity index (χ4v) is 2.71. The number of methoxy groups -OCH3 is 1. The summed E-state index contributed by atoms with van der Waals surface area (Å²) in [6.45, 7) is 0.281. The first-order valence-corrected chi connectivity index (χ1v) is 7.32. The molecule has 1 amide bonds. The van der Waals surface area contributed by atoms with Gasteiger partial charge in [0.05, 0.1) is 13.0 Å². The third kappa shape index (κ3) is 4.00. The van der Waals surface area contributed by atoms with E-state index in [1.807, 2.05) is 18.2 Å². The van der Waals surface area contributed by atoms with Crippen LogP contribution in [-0.4, -0.2) is 47.7 Å². The summed E-state index contributed by atoms with van der Waals surface area (Å²) >= 11 is 0. The predicted octanol–water partition coefficient (Wildman–Crippen LogP) is 1.66. The maximum atomic E-state index is 12.2. The van der Waals surface area contributed by atoms with E-state index in [2.05, 4.69) is 4.74 Å². The number of likely N-dealkylation sites (tertiary alicyclic amines) is 1. The number of hydrogen-bond acceptors (Lipinski definition) is 5. The summed E-state index contributed by atoms with van der Waals surface area (Å²) in [6, 6.07) is 7.82. The Kier molecular flexibility index (Phi) is 5.56. The lowest BCUT2D eigenvalue weighted by atomic mass is 9.89. The van der Waals surface area contributed by atoms with Crippen LogP contribution in [0.3, 0.4) is 0 Å². The van der Waals surface area contributed by atoms with Crippen LogP contribution in [0.1, 0.15) is 18.4 Å². The van der Waals surface area contributed by atoms with Crippen molar-refractivity contribution in [2.24, 2.45) is 5.92 Å². The standard InChI is InChI=1S/C16H19NO6/c1-22-15(20)12-8-5-9-17(13(12)14(18)19)16(21)23-10-11-6-3-2-4-7-11/h2-4,6-7,12-13H,5,8-10H2,1H3,(H,18,19)/t12-,13-/m1/s1. The molecule has 1 aliphatic heterocycles. The Hall–Kier alpha value is -2.57. The van der Waals surface area contributed by atoms with Crippen molar-refractivity contribution < 1.29 is 29.0 Å². The zero-order valence-electron chi connectivity index (χ0n) is 12.8. The van der Waals surface area contributed by atoms with Crippen molar-refractivity contribution >= 4 is 18.0 Å². The van der Waals surface area contributed by atoms with Gasteiger partial charge in [0.25, 0.3) is 0 Å². The number of carbonyl (C=O) groups is 3. The van der Waals surface area contributed by atoms with E-state index in [9.17, 15) is 19.5 Å². The topological polar surface area (TPSA) is 93.1 Å². The van der Waals surface area contributed by atoms with Crippen molar-refractivity contribution in [2.75, 3.05) is 13.7 Å². The van der Waals surface area contributed by atoms with Crippen molar-refractivity contribution in [3.8, 4) is 0 Å². The van der Waals surface area contributed by atoms with E-state index in [1.165, 1.54) is 7.11 Å². The predicted molar refractivity (Wildman–Crippen MR) is 79.5 cm³/mol. The van der Waals surface area contributed by atoms with Gasteiger partial charge in [-0.1, -0.05) is 30.3 Å². The van der Waals surface area contributed by atoms with Gasteiger partial charge in [0, 0.05) is 6.54 Å². The van der Waals surface area contributed by atoms with E-state index >= 15 is 0 Å². The smallest absolute Gasteiger partial charge is 0.410 e. The summed E-state index contributed by atoms with van der Waals surface area (Å²) in [5.74, 6) is -2.75. The molecule has 1 fully saturated rings. The van der Waals surface area contributed by atoms with Gasteiger partial charge in [-0.3, -0.25) is 9.69 Å². The maximum absolute atomic E-state index is 12.2. The number of hydrogen-bond donors (Lipinski definition) is 1. The molecule has 0 aliphatic carbocycles. The highest BCUT2D eigenvalue weighted by molar-refractivity contribution is 5.87. The molecule has 0 bridgehead atoms. The Labute approximate surface area is 133 Å². The lowest BCUT2D eigenvalue weighted by molar-refractivity contribution is -0.159. The van der Waals surface area contributed by atoms with Crippen molar-refractivity contribution in [3.63, 3.8) is 0 Å². The van der Waals surface area contributed by atoms with Crippen LogP contribution in [0.4, 0.5) is 4.79 Å². The van der Waals surface area contributed by atoms with E-state index in [-0.39, 0.29) is 13.2 Å². The zero-order chi connectivity index (χ0) is 16.8. The van der Waals surface area contributed by atoms with Crippen LogP contribution in [0, 0.1) is 5.92 Å². The number of benzene rings is 1. The molecule has 0 unspecified atom stereocenters. The van der Waals surface area contributed by atoms with E-state index < -0.39 is 30.0 Å². The highest BCUT2D eigenvalue weighted by atomic mass is 16.6. The van der Waals surface area contributed by atoms with Crippen LogP contribution in [0.5, 0.6) is 0 Å². The number of aliphatic carboxylic acids is 1. The molecule has 1 heterocycles. The summed E-state index contributed by atoms with van der Waals surface area (Å²) in [4.78, 5) is 36.6. The molecular formula is C16H19NO6. The normalized spacial score (nSPS) is 20.7. The van der Waals surface area contributed by atoms with Crippen LogP contribution in [-0.2, 0) is 25.7 Å². The van der Waals surface area contributed by atoms with Crippen molar-refractivity contribution in [2.45, 2.75) is 25.5 Å². The Balaban J connectivity index is 2.07. The number of carbonyl (C=O) groups excluding carboxylic acids is 2. The molecule has 2 atom stereocenters. The number of ether oxygens (including phenoxy) is 2. The third-order valence-corrected chi connectivity index (χ3v) is 3.83. The SMILES string of the molecule is COC(=O)[C@@H]1CCCN(C(=O)OCc2ccccc2)[C@H]1C(=O)O. The number of piperidine rings is 1. The van der Waals surface area contributed by atoms with E-state index in [4.69, 9.17) is 4.74 Å². The quantitative estimate of drug-likeness (QED) is 0.848. The maximum Gasteiger partial charge on any atom is 0.410 e. The molecule has 0 saturated carbocycles. The number of carboxylic acids is 1. The minimum Gasteiger partial charge on any atom is -0.480 e. The van der Waals surface area contributed by atoms with Crippen molar-refractivity contribution in [3.05, 3.63) is 35.9 Å². The second kappa shape index (κ2) is 7.62. The number of amides is 1. The van der Waals surface area contributed by atoms with Gasteiger partial charge in [-0.15, -0.1) is 0 Å². The Morgan fingerprint density at radius 1 is 1.26 bits per heavy atom. The van der Waals surface area contributed by atoms with Gasteiger partial charge >= 0.3 is 18.0 Å². The molecule has 124 valence electrons. The van der Waals surface area contributed by atoms with Gasteiger partial charge in [-0.25, -0.2) is 9.59 Å². The average Bonchev–Trinajstić information content (AvgIpc) is 2.59. The van der Waals surface area contributed by atoms with E-state index in [0.29, 0.717) is 12.8 Å². The highest BCUT2D eigenvalue weighted by Gasteiger charge is 2.44.